The van der Waals surface area contributed by atoms with E-state index >= 15 is 0 Å². The van der Waals surface area contributed by atoms with Gasteiger partial charge in [0.25, 0.3) is 0 Å². The molecule has 25 heavy (non-hydrogen) atoms. The van der Waals surface area contributed by atoms with Gasteiger partial charge in [-0.2, -0.15) is 5.10 Å². The van der Waals surface area contributed by atoms with Gasteiger partial charge in [-0.25, -0.2) is 4.79 Å². The number of carboxylic acid groups (broad SMARTS) is 1. The van der Waals surface area contributed by atoms with Crippen LogP contribution in [-0.2, 0) is 15.1 Å². The number of likely N-dealkylation sites (tertiary alicyclic amines) is 2. The van der Waals surface area contributed by atoms with Crippen molar-refractivity contribution in [2.24, 2.45) is 0 Å². The first-order chi connectivity index (χ1) is 12.0. The Morgan fingerprint density at radius 3 is 2.36 bits per heavy atom. The molecular weight excluding hydrogens is 320 g/mol. The minimum atomic E-state index is -1.04. The van der Waals surface area contributed by atoms with E-state index in [9.17, 15) is 14.7 Å². The number of carboxylic acids is 1. The third kappa shape index (κ3) is 3.29. The van der Waals surface area contributed by atoms with Crippen LogP contribution in [-0.4, -0.2) is 68.8 Å². The Morgan fingerprint density at radius 1 is 1.24 bits per heavy atom. The lowest BCUT2D eigenvalue weighted by Crippen LogP contribution is -2.56. The molecule has 0 aliphatic carbocycles. The lowest BCUT2D eigenvalue weighted by Gasteiger charge is -2.41. The number of hydrogen-bond donors (Lipinski definition) is 1. The predicted octanol–water partition coefficient (Wildman–Crippen LogP) is 1.47. The molecule has 1 amide bonds. The van der Waals surface area contributed by atoms with Gasteiger partial charge in [-0.1, -0.05) is 6.92 Å². The van der Waals surface area contributed by atoms with Crippen molar-refractivity contribution in [3.63, 3.8) is 0 Å². The highest BCUT2D eigenvalue weighted by Gasteiger charge is 2.45. The molecule has 0 radical (unpaired) electrons. The number of nitrogens with zero attached hydrogens (tertiary/aromatic N) is 4. The molecule has 0 bridgehead atoms. The van der Waals surface area contributed by atoms with Crippen LogP contribution in [0.25, 0.3) is 0 Å². The van der Waals surface area contributed by atoms with Crippen LogP contribution in [0.1, 0.15) is 44.6 Å². The summed E-state index contributed by atoms with van der Waals surface area (Å²) in [6.07, 6.45) is 7.37. The fourth-order valence-corrected chi connectivity index (χ4v) is 4.14. The summed E-state index contributed by atoms with van der Waals surface area (Å²) in [6, 6.07) is -0.0632. The number of aryl methyl sites for hydroxylation is 1. The summed E-state index contributed by atoms with van der Waals surface area (Å²) in [5.41, 5.74) is -0.0976. The van der Waals surface area contributed by atoms with Gasteiger partial charge < -0.3 is 10.0 Å². The predicted molar refractivity (Wildman–Crippen MR) is 93.3 cm³/mol. The van der Waals surface area contributed by atoms with Gasteiger partial charge in [0, 0.05) is 32.1 Å². The Labute approximate surface area is 148 Å². The fourth-order valence-electron chi connectivity index (χ4n) is 4.14. The summed E-state index contributed by atoms with van der Waals surface area (Å²) >= 11 is 0. The number of amides is 1. The number of piperidine rings is 1. The summed E-state index contributed by atoms with van der Waals surface area (Å²) in [6.45, 7) is 6.87. The minimum absolute atomic E-state index is 0.0632. The molecule has 2 aliphatic heterocycles. The smallest absolute Gasteiger partial charge is 0.331 e. The Bertz CT molecular complexity index is 628. The molecule has 2 fully saturated rings. The van der Waals surface area contributed by atoms with E-state index in [0.717, 1.165) is 37.9 Å². The van der Waals surface area contributed by atoms with Gasteiger partial charge in [0.05, 0.1) is 12.2 Å². The summed E-state index contributed by atoms with van der Waals surface area (Å²) in [5.74, 6) is -0.714. The summed E-state index contributed by atoms with van der Waals surface area (Å²) in [7, 11) is 0. The molecule has 7 heteroatoms. The Morgan fingerprint density at radius 2 is 1.88 bits per heavy atom. The van der Waals surface area contributed by atoms with E-state index in [0.29, 0.717) is 25.9 Å². The van der Waals surface area contributed by atoms with E-state index in [1.807, 2.05) is 11.8 Å². The van der Waals surface area contributed by atoms with E-state index < -0.39 is 11.5 Å². The van der Waals surface area contributed by atoms with Gasteiger partial charge in [0.1, 0.15) is 0 Å². The van der Waals surface area contributed by atoms with Crippen LogP contribution < -0.4 is 0 Å². The number of carbonyl (C=O) groups is 2. The Hall–Kier alpha value is -1.89. The maximum absolute atomic E-state index is 13.0. The fraction of sp³-hybridized carbons (Fsp3) is 0.722. The van der Waals surface area contributed by atoms with Crippen molar-refractivity contribution in [1.29, 1.82) is 0 Å². The van der Waals surface area contributed by atoms with Crippen molar-refractivity contribution in [2.75, 3.05) is 26.2 Å². The SMILES string of the molecule is CCC(C(=O)N1CCC(C(=O)O)(n2cc(C)cn2)CC1)N1CCCC1. The van der Waals surface area contributed by atoms with Crippen LogP contribution >= 0.6 is 0 Å². The molecule has 3 rings (SSSR count). The van der Waals surface area contributed by atoms with E-state index in [2.05, 4.69) is 16.9 Å². The van der Waals surface area contributed by atoms with Gasteiger partial charge in [0.15, 0.2) is 5.54 Å². The second-order valence-electron chi connectivity index (χ2n) is 7.29. The molecule has 2 saturated heterocycles. The molecule has 1 atom stereocenters. The number of carbonyl (C=O) groups excluding carboxylic acids is 1. The van der Waals surface area contributed by atoms with Crippen molar-refractivity contribution < 1.29 is 14.7 Å². The average Bonchev–Trinajstić information content (AvgIpc) is 3.27. The van der Waals surface area contributed by atoms with Crippen molar-refractivity contribution in [1.82, 2.24) is 19.6 Å². The van der Waals surface area contributed by atoms with E-state index in [1.165, 1.54) is 0 Å². The van der Waals surface area contributed by atoms with Crippen molar-refractivity contribution in [3.05, 3.63) is 18.0 Å². The largest absolute Gasteiger partial charge is 0.479 e. The van der Waals surface area contributed by atoms with E-state index in [-0.39, 0.29) is 11.9 Å². The van der Waals surface area contributed by atoms with Crippen LogP contribution in [0.3, 0.4) is 0 Å². The zero-order valence-corrected chi connectivity index (χ0v) is 15.1. The molecule has 138 valence electrons. The van der Waals surface area contributed by atoms with Gasteiger partial charge in [-0.05, 0) is 44.8 Å². The number of aliphatic carboxylic acids is 1. The summed E-state index contributed by atoms with van der Waals surface area (Å²) in [5, 5.41) is 14.1. The molecule has 0 saturated carbocycles. The van der Waals surface area contributed by atoms with Gasteiger partial charge in [0.2, 0.25) is 5.91 Å². The Balaban J connectivity index is 1.71. The first-order valence-corrected chi connectivity index (χ1v) is 9.26. The molecule has 2 aliphatic rings. The maximum atomic E-state index is 13.0. The molecule has 1 unspecified atom stereocenters. The van der Waals surface area contributed by atoms with Crippen molar-refractivity contribution >= 4 is 11.9 Å². The van der Waals surface area contributed by atoms with E-state index in [1.54, 1.807) is 17.1 Å². The number of hydrogen-bond acceptors (Lipinski definition) is 4. The lowest BCUT2D eigenvalue weighted by molar-refractivity contribution is -0.154. The molecule has 1 aromatic heterocycles. The third-order valence-corrected chi connectivity index (χ3v) is 5.70. The normalized spacial score (nSPS) is 22.1. The van der Waals surface area contributed by atoms with Crippen LogP contribution in [0.4, 0.5) is 0 Å². The first-order valence-electron chi connectivity index (χ1n) is 9.26. The highest BCUT2D eigenvalue weighted by molar-refractivity contribution is 5.83. The Kier molecular flexibility index (Phi) is 5.13. The molecule has 3 heterocycles. The van der Waals surface area contributed by atoms with Crippen LogP contribution in [0.15, 0.2) is 12.4 Å². The summed E-state index contributed by atoms with van der Waals surface area (Å²) < 4.78 is 1.57. The molecule has 1 aromatic rings. The minimum Gasteiger partial charge on any atom is -0.479 e. The zero-order chi connectivity index (χ0) is 18.0. The molecule has 7 nitrogen and oxygen atoms in total. The standard InChI is InChI=1S/C18H28N4O3/c1-3-15(20-8-4-5-9-20)16(23)21-10-6-18(7-11-21,17(24)25)22-13-14(2)12-19-22/h12-13,15H,3-11H2,1-2H3,(H,24,25). The third-order valence-electron chi connectivity index (χ3n) is 5.70. The zero-order valence-electron chi connectivity index (χ0n) is 15.1. The average molecular weight is 348 g/mol. The van der Waals surface area contributed by atoms with Crippen molar-refractivity contribution in [2.45, 2.75) is 57.5 Å². The van der Waals surface area contributed by atoms with Gasteiger partial charge in [-0.15, -0.1) is 0 Å². The highest BCUT2D eigenvalue weighted by atomic mass is 16.4. The highest BCUT2D eigenvalue weighted by Crippen LogP contribution is 2.31. The topological polar surface area (TPSA) is 78.7 Å². The monoisotopic (exact) mass is 348 g/mol. The number of aromatic nitrogens is 2. The van der Waals surface area contributed by atoms with Crippen LogP contribution in [0, 0.1) is 6.92 Å². The number of rotatable bonds is 5. The second-order valence-corrected chi connectivity index (χ2v) is 7.29. The molecule has 0 spiro atoms. The molecular formula is C18H28N4O3. The van der Waals surface area contributed by atoms with E-state index in [4.69, 9.17) is 0 Å². The quantitative estimate of drug-likeness (QED) is 0.872. The van der Waals surface area contributed by atoms with Gasteiger partial charge in [-0.3, -0.25) is 14.4 Å². The van der Waals surface area contributed by atoms with Crippen LogP contribution in [0.5, 0.6) is 0 Å². The molecule has 0 aromatic carbocycles. The maximum Gasteiger partial charge on any atom is 0.331 e. The van der Waals surface area contributed by atoms with Crippen molar-refractivity contribution in [3.8, 4) is 0 Å². The second kappa shape index (κ2) is 7.15. The summed E-state index contributed by atoms with van der Waals surface area (Å²) in [4.78, 5) is 29.1. The lowest BCUT2D eigenvalue weighted by atomic mass is 9.87. The first kappa shape index (κ1) is 17.9. The van der Waals surface area contributed by atoms with Gasteiger partial charge >= 0.3 is 5.97 Å². The molecule has 1 N–H and O–H groups in total. The van der Waals surface area contributed by atoms with Crippen LogP contribution in [0.2, 0.25) is 0 Å².